The van der Waals surface area contributed by atoms with Gasteiger partial charge in [0.2, 0.25) is 0 Å². The average Bonchev–Trinajstić information content (AvgIpc) is 2.26. The normalized spacial score (nSPS) is 10.1. The van der Waals surface area contributed by atoms with E-state index < -0.39 is 10.8 Å². The summed E-state index contributed by atoms with van der Waals surface area (Å²) in [6.45, 7) is 3.59. The van der Waals surface area contributed by atoms with Crippen LogP contribution in [0.4, 0.5) is 11.4 Å². The van der Waals surface area contributed by atoms with Crippen molar-refractivity contribution in [2.75, 3.05) is 12.4 Å². The van der Waals surface area contributed by atoms with Crippen LogP contribution in [0.3, 0.4) is 0 Å². The number of carbonyl (C=O) groups excluding carboxylic acids is 1. The molecule has 0 fully saturated rings. The Kier molecular flexibility index (Phi) is 4.03. The summed E-state index contributed by atoms with van der Waals surface area (Å²) in [6.07, 6.45) is 0. The molecule has 6 nitrogen and oxygen atoms in total. The SMILES string of the molecule is CNc1cccc(C(=O)NC(C)C)c1[N+](=O)[O-]. The summed E-state index contributed by atoms with van der Waals surface area (Å²) < 4.78 is 0. The van der Waals surface area contributed by atoms with Crippen molar-refractivity contribution in [1.29, 1.82) is 0 Å². The summed E-state index contributed by atoms with van der Waals surface area (Å²) in [5.41, 5.74) is 0.190. The second kappa shape index (κ2) is 5.29. The molecule has 0 radical (unpaired) electrons. The Morgan fingerprint density at radius 2 is 2.06 bits per heavy atom. The molecule has 0 atom stereocenters. The first-order valence-electron chi connectivity index (χ1n) is 5.23. The molecule has 0 unspecified atom stereocenters. The van der Waals surface area contributed by atoms with Crippen LogP contribution in [-0.2, 0) is 0 Å². The lowest BCUT2D eigenvalue weighted by atomic mass is 10.1. The van der Waals surface area contributed by atoms with Crippen LogP contribution < -0.4 is 10.6 Å². The quantitative estimate of drug-likeness (QED) is 0.617. The van der Waals surface area contributed by atoms with Gasteiger partial charge in [0.05, 0.1) is 4.92 Å². The largest absolute Gasteiger partial charge is 0.383 e. The highest BCUT2D eigenvalue weighted by Crippen LogP contribution is 2.28. The second-order valence-electron chi connectivity index (χ2n) is 3.84. The Morgan fingerprint density at radius 1 is 1.41 bits per heavy atom. The Labute approximate surface area is 99.2 Å². The van der Waals surface area contributed by atoms with Crippen molar-refractivity contribution in [2.24, 2.45) is 0 Å². The molecule has 2 N–H and O–H groups in total. The first-order valence-corrected chi connectivity index (χ1v) is 5.23. The molecular weight excluding hydrogens is 222 g/mol. The molecule has 0 heterocycles. The molecule has 0 saturated heterocycles. The smallest absolute Gasteiger partial charge is 0.305 e. The number of amides is 1. The summed E-state index contributed by atoms with van der Waals surface area (Å²) in [7, 11) is 1.58. The van der Waals surface area contributed by atoms with Gasteiger partial charge in [0.25, 0.3) is 5.91 Å². The van der Waals surface area contributed by atoms with E-state index in [2.05, 4.69) is 10.6 Å². The Hall–Kier alpha value is -2.11. The number of anilines is 1. The van der Waals surface area contributed by atoms with Crippen LogP contribution in [0.2, 0.25) is 0 Å². The molecule has 0 bridgehead atoms. The maximum absolute atomic E-state index is 11.8. The molecular formula is C11H15N3O3. The van der Waals surface area contributed by atoms with Crippen LogP contribution in [0, 0.1) is 10.1 Å². The van der Waals surface area contributed by atoms with E-state index in [4.69, 9.17) is 0 Å². The number of hydrogen-bond acceptors (Lipinski definition) is 4. The van der Waals surface area contributed by atoms with Crippen LogP contribution in [-0.4, -0.2) is 23.9 Å². The lowest BCUT2D eigenvalue weighted by molar-refractivity contribution is -0.384. The van der Waals surface area contributed by atoms with Gasteiger partial charge >= 0.3 is 5.69 Å². The standard InChI is InChI=1S/C11H15N3O3/c1-7(2)13-11(15)8-5-4-6-9(12-3)10(8)14(16)17/h4-7,12H,1-3H3,(H,13,15). The van der Waals surface area contributed by atoms with E-state index in [9.17, 15) is 14.9 Å². The topological polar surface area (TPSA) is 84.3 Å². The number of rotatable bonds is 4. The van der Waals surface area contributed by atoms with Gasteiger partial charge in [0, 0.05) is 13.1 Å². The van der Waals surface area contributed by atoms with Crippen molar-refractivity contribution in [3.63, 3.8) is 0 Å². The lowest BCUT2D eigenvalue weighted by Gasteiger charge is -2.10. The zero-order valence-electron chi connectivity index (χ0n) is 9.98. The third kappa shape index (κ3) is 2.93. The van der Waals surface area contributed by atoms with Gasteiger partial charge in [0.1, 0.15) is 11.3 Å². The number of nitro groups is 1. The highest BCUT2D eigenvalue weighted by atomic mass is 16.6. The first-order chi connectivity index (χ1) is 7.97. The number of nitro benzene ring substituents is 1. The lowest BCUT2D eigenvalue weighted by Crippen LogP contribution is -2.30. The summed E-state index contributed by atoms with van der Waals surface area (Å²) in [6, 6.07) is 4.54. The number of para-hydroxylation sites is 1. The van der Waals surface area contributed by atoms with Gasteiger partial charge in [-0.15, -0.1) is 0 Å². The highest BCUT2D eigenvalue weighted by molar-refractivity contribution is 6.00. The fourth-order valence-electron chi connectivity index (χ4n) is 1.47. The number of nitrogens with zero attached hydrogens (tertiary/aromatic N) is 1. The zero-order valence-corrected chi connectivity index (χ0v) is 9.98. The van der Waals surface area contributed by atoms with Crippen LogP contribution >= 0.6 is 0 Å². The van der Waals surface area contributed by atoms with Gasteiger partial charge in [-0.25, -0.2) is 0 Å². The summed E-state index contributed by atoms with van der Waals surface area (Å²) in [4.78, 5) is 22.2. The van der Waals surface area contributed by atoms with E-state index in [1.165, 1.54) is 6.07 Å². The van der Waals surface area contributed by atoms with Crippen molar-refractivity contribution in [1.82, 2.24) is 5.32 Å². The minimum absolute atomic E-state index is 0.0653. The fourth-order valence-corrected chi connectivity index (χ4v) is 1.47. The monoisotopic (exact) mass is 237 g/mol. The minimum atomic E-state index is -0.554. The van der Waals surface area contributed by atoms with Gasteiger partial charge in [0.15, 0.2) is 0 Å². The van der Waals surface area contributed by atoms with Crippen molar-refractivity contribution >= 4 is 17.3 Å². The van der Waals surface area contributed by atoms with E-state index in [0.29, 0.717) is 5.69 Å². The molecule has 0 spiro atoms. The zero-order chi connectivity index (χ0) is 13.0. The highest BCUT2D eigenvalue weighted by Gasteiger charge is 2.23. The van der Waals surface area contributed by atoms with Gasteiger partial charge < -0.3 is 10.6 Å². The van der Waals surface area contributed by atoms with E-state index in [-0.39, 0.29) is 17.3 Å². The molecule has 0 aliphatic heterocycles. The maximum Gasteiger partial charge on any atom is 0.305 e. The maximum atomic E-state index is 11.8. The van der Waals surface area contributed by atoms with Crippen molar-refractivity contribution in [3.8, 4) is 0 Å². The molecule has 0 aliphatic carbocycles. The summed E-state index contributed by atoms with van der Waals surface area (Å²) in [5, 5.41) is 16.3. The van der Waals surface area contributed by atoms with Gasteiger partial charge in [-0.3, -0.25) is 14.9 Å². The van der Waals surface area contributed by atoms with Crippen LogP contribution in [0.15, 0.2) is 18.2 Å². The minimum Gasteiger partial charge on any atom is -0.383 e. The molecule has 0 aliphatic rings. The van der Waals surface area contributed by atoms with Gasteiger partial charge in [-0.2, -0.15) is 0 Å². The molecule has 0 saturated carbocycles. The summed E-state index contributed by atoms with van der Waals surface area (Å²) in [5.74, 6) is -0.441. The van der Waals surface area contributed by atoms with Crippen molar-refractivity contribution < 1.29 is 9.72 Å². The number of benzene rings is 1. The molecule has 1 rings (SSSR count). The van der Waals surface area contributed by atoms with Gasteiger partial charge in [-0.05, 0) is 26.0 Å². The average molecular weight is 237 g/mol. The predicted molar refractivity (Wildman–Crippen MR) is 65.2 cm³/mol. The molecule has 1 amide bonds. The van der Waals surface area contributed by atoms with Crippen molar-refractivity contribution in [3.05, 3.63) is 33.9 Å². The van der Waals surface area contributed by atoms with Crippen LogP contribution in [0.5, 0.6) is 0 Å². The third-order valence-corrected chi connectivity index (χ3v) is 2.15. The number of carbonyl (C=O) groups is 1. The van der Waals surface area contributed by atoms with Crippen LogP contribution in [0.1, 0.15) is 24.2 Å². The van der Waals surface area contributed by atoms with E-state index in [1.807, 2.05) is 0 Å². The number of nitrogens with one attached hydrogen (secondary N) is 2. The van der Waals surface area contributed by atoms with E-state index in [1.54, 1.807) is 33.0 Å². The van der Waals surface area contributed by atoms with E-state index >= 15 is 0 Å². The molecule has 6 heteroatoms. The van der Waals surface area contributed by atoms with E-state index in [0.717, 1.165) is 0 Å². The molecule has 92 valence electrons. The second-order valence-corrected chi connectivity index (χ2v) is 3.84. The summed E-state index contributed by atoms with van der Waals surface area (Å²) >= 11 is 0. The molecule has 1 aromatic rings. The molecule has 0 aromatic heterocycles. The van der Waals surface area contributed by atoms with Crippen molar-refractivity contribution in [2.45, 2.75) is 19.9 Å². The molecule has 17 heavy (non-hydrogen) atoms. The Bertz CT molecular complexity index is 444. The van der Waals surface area contributed by atoms with Crippen LogP contribution in [0.25, 0.3) is 0 Å². The number of hydrogen-bond donors (Lipinski definition) is 2. The third-order valence-electron chi connectivity index (χ3n) is 2.15. The van der Waals surface area contributed by atoms with Gasteiger partial charge in [-0.1, -0.05) is 6.07 Å². The first kappa shape index (κ1) is 13.0. The molecule has 1 aromatic carbocycles. The Balaban J connectivity index is 3.23. The fraction of sp³-hybridized carbons (Fsp3) is 0.364. The Morgan fingerprint density at radius 3 is 2.53 bits per heavy atom. The predicted octanol–water partition coefficient (Wildman–Crippen LogP) is 1.77.